The van der Waals surface area contributed by atoms with Crippen LogP contribution < -0.4 is 20.5 Å². The van der Waals surface area contributed by atoms with Gasteiger partial charge in [-0.05, 0) is 30.5 Å². The number of nitrogens with two attached hydrogens (primary N) is 1. The number of carbonyl (C=O) groups is 1. The van der Waals surface area contributed by atoms with Crippen molar-refractivity contribution in [2.24, 2.45) is 5.73 Å². The van der Waals surface area contributed by atoms with E-state index in [4.69, 9.17) is 15.2 Å². The van der Waals surface area contributed by atoms with Gasteiger partial charge in [0.25, 0.3) is 5.91 Å². The number of nitrogens with one attached hydrogen (secondary N) is 1. The highest BCUT2D eigenvalue weighted by atomic mass is 16.6. The number of benzene rings is 1. The summed E-state index contributed by atoms with van der Waals surface area (Å²) in [5.41, 5.74) is 6.69. The number of hydrogen-bond donors (Lipinski definition) is 2. The predicted octanol–water partition coefficient (Wildman–Crippen LogP) is 2.27. The van der Waals surface area contributed by atoms with Crippen LogP contribution in [0.15, 0.2) is 30.6 Å². The largest absolute Gasteiger partial charge is 0.486 e. The lowest BCUT2D eigenvalue weighted by Crippen LogP contribution is -2.32. The van der Waals surface area contributed by atoms with Crippen LogP contribution in [0.4, 0.5) is 5.82 Å². The molecule has 1 amide bonds. The first-order chi connectivity index (χ1) is 12.7. The Morgan fingerprint density at radius 1 is 1.15 bits per heavy atom. The second-order valence-electron chi connectivity index (χ2n) is 6.85. The number of anilines is 1. The molecule has 1 saturated carbocycles. The molecule has 3 N–H and O–H groups in total. The molecule has 2 aromatic rings. The van der Waals surface area contributed by atoms with Crippen LogP contribution in [0.1, 0.15) is 41.7 Å². The molecule has 0 spiro atoms. The molecule has 1 aromatic heterocycles. The van der Waals surface area contributed by atoms with E-state index in [1.807, 2.05) is 6.07 Å². The summed E-state index contributed by atoms with van der Waals surface area (Å²) in [6.07, 6.45) is 7.52. The van der Waals surface area contributed by atoms with Crippen molar-refractivity contribution < 1.29 is 14.3 Å². The number of rotatable bonds is 5. The van der Waals surface area contributed by atoms with Crippen molar-refractivity contribution in [3.63, 3.8) is 0 Å². The summed E-state index contributed by atoms with van der Waals surface area (Å²) in [4.78, 5) is 19.6. The fraction of sp³-hybridized carbons (Fsp3) is 0.421. The van der Waals surface area contributed by atoms with Crippen LogP contribution in [-0.4, -0.2) is 35.6 Å². The molecule has 1 aromatic carbocycles. The van der Waals surface area contributed by atoms with Crippen molar-refractivity contribution in [3.05, 3.63) is 41.9 Å². The molecule has 7 heteroatoms. The van der Waals surface area contributed by atoms with E-state index in [1.165, 1.54) is 24.6 Å². The van der Waals surface area contributed by atoms with Crippen molar-refractivity contribution in [3.8, 4) is 11.5 Å². The van der Waals surface area contributed by atoms with E-state index >= 15 is 0 Å². The standard InChI is InChI=1S/C19H22N4O3/c20-18(24)14-10-21-11-17(23-14)22-12-19(5-1-2-6-19)13-3-4-15-16(9-13)26-8-7-25-15/h3-4,9-11H,1-2,5-8,12H2,(H2,20,24)(H,22,23). The van der Waals surface area contributed by atoms with Gasteiger partial charge in [-0.2, -0.15) is 0 Å². The van der Waals surface area contributed by atoms with Crippen LogP contribution in [0.25, 0.3) is 0 Å². The zero-order valence-electron chi connectivity index (χ0n) is 14.5. The highest BCUT2D eigenvalue weighted by Crippen LogP contribution is 2.44. The second kappa shape index (κ2) is 6.82. The summed E-state index contributed by atoms with van der Waals surface area (Å²) >= 11 is 0. The molecule has 7 nitrogen and oxygen atoms in total. The summed E-state index contributed by atoms with van der Waals surface area (Å²) in [7, 11) is 0. The Balaban J connectivity index is 1.57. The zero-order chi connectivity index (χ0) is 18.0. The van der Waals surface area contributed by atoms with Crippen molar-refractivity contribution in [1.82, 2.24) is 9.97 Å². The van der Waals surface area contributed by atoms with Gasteiger partial charge in [-0.25, -0.2) is 4.98 Å². The summed E-state index contributed by atoms with van der Waals surface area (Å²) in [5, 5.41) is 3.35. The summed E-state index contributed by atoms with van der Waals surface area (Å²) in [6, 6.07) is 6.23. The normalized spacial score (nSPS) is 17.7. The Kier molecular flexibility index (Phi) is 4.36. The minimum absolute atomic E-state index is 0.000244. The van der Waals surface area contributed by atoms with E-state index in [1.54, 1.807) is 6.20 Å². The van der Waals surface area contributed by atoms with Gasteiger partial charge in [0, 0.05) is 12.0 Å². The minimum atomic E-state index is -0.580. The molecule has 0 radical (unpaired) electrons. The molecule has 0 atom stereocenters. The summed E-state index contributed by atoms with van der Waals surface area (Å²) in [5.74, 6) is 1.60. The Labute approximate surface area is 151 Å². The number of primary amides is 1. The average Bonchev–Trinajstić information content (AvgIpc) is 3.16. The van der Waals surface area contributed by atoms with Crippen LogP contribution in [0, 0.1) is 0 Å². The molecule has 1 fully saturated rings. The highest BCUT2D eigenvalue weighted by molar-refractivity contribution is 5.90. The quantitative estimate of drug-likeness (QED) is 0.854. The van der Waals surface area contributed by atoms with Crippen molar-refractivity contribution in [2.45, 2.75) is 31.1 Å². The minimum Gasteiger partial charge on any atom is -0.486 e. The Hall–Kier alpha value is -2.83. The topological polar surface area (TPSA) is 99.4 Å². The SMILES string of the molecule is NC(=O)c1cncc(NCC2(c3ccc4c(c3)OCCO4)CCCC2)n1. The maximum Gasteiger partial charge on any atom is 0.268 e. The first-order valence-electron chi connectivity index (χ1n) is 8.92. The fourth-order valence-electron chi connectivity index (χ4n) is 3.82. The molecule has 0 saturated heterocycles. The van der Waals surface area contributed by atoms with E-state index in [2.05, 4.69) is 27.4 Å². The maximum absolute atomic E-state index is 11.3. The Bertz CT molecular complexity index is 818. The monoisotopic (exact) mass is 354 g/mol. The molecule has 1 aliphatic carbocycles. The van der Waals surface area contributed by atoms with Gasteiger partial charge in [0.1, 0.15) is 24.7 Å². The first-order valence-corrected chi connectivity index (χ1v) is 8.92. The van der Waals surface area contributed by atoms with Crippen molar-refractivity contribution in [1.29, 1.82) is 0 Å². The third-order valence-corrected chi connectivity index (χ3v) is 5.21. The third kappa shape index (κ3) is 3.16. The van der Waals surface area contributed by atoms with Crippen LogP contribution in [0.5, 0.6) is 11.5 Å². The van der Waals surface area contributed by atoms with E-state index in [0.29, 0.717) is 25.6 Å². The van der Waals surface area contributed by atoms with Crippen molar-refractivity contribution in [2.75, 3.05) is 25.1 Å². The van der Waals surface area contributed by atoms with Gasteiger partial charge < -0.3 is 20.5 Å². The molecule has 0 bridgehead atoms. The maximum atomic E-state index is 11.3. The van der Waals surface area contributed by atoms with E-state index in [9.17, 15) is 4.79 Å². The van der Waals surface area contributed by atoms with Crippen LogP contribution in [0.3, 0.4) is 0 Å². The summed E-state index contributed by atoms with van der Waals surface area (Å²) < 4.78 is 11.4. The molecular weight excluding hydrogens is 332 g/mol. The van der Waals surface area contributed by atoms with Gasteiger partial charge in [0.2, 0.25) is 0 Å². The lowest BCUT2D eigenvalue weighted by Gasteiger charge is -2.31. The van der Waals surface area contributed by atoms with E-state index in [-0.39, 0.29) is 11.1 Å². The van der Waals surface area contributed by atoms with E-state index in [0.717, 1.165) is 24.3 Å². The van der Waals surface area contributed by atoms with Gasteiger partial charge >= 0.3 is 0 Å². The zero-order valence-corrected chi connectivity index (χ0v) is 14.5. The molecule has 2 aliphatic rings. The molecule has 1 aliphatic heterocycles. The van der Waals surface area contributed by atoms with Crippen molar-refractivity contribution >= 4 is 11.7 Å². The number of hydrogen-bond acceptors (Lipinski definition) is 6. The van der Waals surface area contributed by atoms with Gasteiger partial charge in [-0.3, -0.25) is 9.78 Å². The molecule has 4 rings (SSSR count). The second-order valence-corrected chi connectivity index (χ2v) is 6.85. The lowest BCUT2D eigenvalue weighted by molar-refractivity contribution is 0.0995. The fourth-order valence-corrected chi connectivity index (χ4v) is 3.82. The van der Waals surface area contributed by atoms with Crippen LogP contribution in [-0.2, 0) is 5.41 Å². The number of fused-ring (bicyclic) bond motifs is 1. The van der Waals surface area contributed by atoms with Gasteiger partial charge in [0.15, 0.2) is 11.5 Å². The molecule has 2 heterocycles. The molecular formula is C19H22N4O3. The van der Waals surface area contributed by atoms with E-state index < -0.39 is 5.91 Å². The number of aromatic nitrogens is 2. The average molecular weight is 354 g/mol. The summed E-state index contributed by atoms with van der Waals surface area (Å²) in [6.45, 7) is 1.88. The van der Waals surface area contributed by atoms with Crippen LogP contribution in [0.2, 0.25) is 0 Å². The Morgan fingerprint density at radius 2 is 1.92 bits per heavy atom. The lowest BCUT2D eigenvalue weighted by atomic mass is 9.78. The first kappa shape index (κ1) is 16.6. The molecule has 0 unspecified atom stereocenters. The predicted molar refractivity (Wildman–Crippen MR) is 96.6 cm³/mol. The number of amides is 1. The number of ether oxygens (including phenoxy) is 2. The highest BCUT2D eigenvalue weighted by Gasteiger charge is 2.36. The Morgan fingerprint density at radius 3 is 2.69 bits per heavy atom. The van der Waals surface area contributed by atoms with Crippen LogP contribution >= 0.6 is 0 Å². The van der Waals surface area contributed by atoms with Gasteiger partial charge in [-0.15, -0.1) is 0 Å². The number of carbonyl (C=O) groups excluding carboxylic acids is 1. The molecule has 136 valence electrons. The van der Waals surface area contributed by atoms with Gasteiger partial charge in [0.05, 0.1) is 12.4 Å². The number of nitrogens with zero attached hydrogens (tertiary/aromatic N) is 2. The van der Waals surface area contributed by atoms with Gasteiger partial charge in [-0.1, -0.05) is 18.9 Å². The smallest absolute Gasteiger partial charge is 0.268 e. The third-order valence-electron chi connectivity index (χ3n) is 5.21. The molecule has 26 heavy (non-hydrogen) atoms.